The van der Waals surface area contributed by atoms with Crippen molar-refractivity contribution in [2.24, 2.45) is 5.14 Å². The maximum atomic E-state index is 12.5. The van der Waals surface area contributed by atoms with Crippen molar-refractivity contribution in [1.82, 2.24) is 0 Å². The molecule has 0 saturated heterocycles. The summed E-state index contributed by atoms with van der Waals surface area (Å²) in [7, 11) is -3.75. The monoisotopic (exact) mass is 312 g/mol. The van der Waals surface area contributed by atoms with E-state index in [2.05, 4.69) is 5.32 Å². The van der Waals surface area contributed by atoms with Gasteiger partial charge in [0.25, 0.3) is 0 Å². The molecule has 0 fully saturated rings. The minimum atomic E-state index is -4.66. The first-order chi connectivity index (χ1) is 9.00. The first kappa shape index (κ1) is 16.2. The molecule has 1 rings (SSSR count). The molecular formula is C10H11F3N2O4S. The van der Waals surface area contributed by atoms with Crippen molar-refractivity contribution < 1.29 is 31.5 Å². The summed E-state index contributed by atoms with van der Waals surface area (Å²) in [5.41, 5.74) is -1.82. The van der Waals surface area contributed by atoms with E-state index >= 15 is 0 Å². The fraction of sp³-hybridized carbons (Fsp3) is 0.300. The molecule has 0 aliphatic heterocycles. The second kappa shape index (κ2) is 5.67. The Balaban J connectivity index is 3.00. The fourth-order valence-electron chi connectivity index (χ4n) is 1.38. The van der Waals surface area contributed by atoms with Gasteiger partial charge < -0.3 is 10.4 Å². The van der Waals surface area contributed by atoms with Gasteiger partial charge in [0.1, 0.15) is 0 Å². The predicted octanol–water partition coefficient (Wildman–Crippen LogP) is 1.10. The lowest BCUT2D eigenvalue weighted by Gasteiger charge is -2.12. The minimum absolute atomic E-state index is 0.117. The summed E-state index contributed by atoms with van der Waals surface area (Å²) in [6.45, 7) is -0.218. The molecule has 0 aromatic heterocycles. The average molecular weight is 312 g/mol. The van der Waals surface area contributed by atoms with E-state index in [1.807, 2.05) is 0 Å². The SMILES string of the molecule is NS(=O)(=O)CCNc1ccc(C(F)(F)F)cc1C(=O)O. The number of sulfonamides is 1. The quantitative estimate of drug-likeness (QED) is 0.754. The van der Waals surface area contributed by atoms with Crippen LogP contribution in [0.5, 0.6) is 0 Å². The van der Waals surface area contributed by atoms with Crippen LogP contribution in [-0.4, -0.2) is 31.8 Å². The van der Waals surface area contributed by atoms with E-state index in [4.69, 9.17) is 10.2 Å². The third-order valence-corrected chi connectivity index (χ3v) is 3.05. The lowest BCUT2D eigenvalue weighted by molar-refractivity contribution is -0.137. The predicted molar refractivity (Wildman–Crippen MR) is 64.9 cm³/mol. The summed E-state index contributed by atoms with van der Waals surface area (Å²) >= 11 is 0. The number of benzene rings is 1. The van der Waals surface area contributed by atoms with Crippen LogP contribution >= 0.6 is 0 Å². The number of primary sulfonamides is 1. The number of hydrogen-bond donors (Lipinski definition) is 3. The molecule has 10 heteroatoms. The van der Waals surface area contributed by atoms with E-state index < -0.39 is 39.0 Å². The van der Waals surface area contributed by atoms with Crippen molar-refractivity contribution in [3.8, 4) is 0 Å². The lowest BCUT2D eigenvalue weighted by Crippen LogP contribution is -2.23. The second-order valence-corrected chi connectivity index (χ2v) is 5.59. The van der Waals surface area contributed by atoms with Gasteiger partial charge in [0.05, 0.1) is 16.9 Å². The molecule has 0 radical (unpaired) electrons. The van der Waals surface area contributed by atoms with E-state index in [9.17, 15) is 26.4 Å². The van der Waals surface area contributed by atoms with Gasteiger partial charge in [-0.15, -0.1) is 0 Å². The van der Waals surface area contributed by atoms with Gasteiger partial charge in [0.15, 0.2) is 0 Å². The summed E-state index contributed by atoms with van der Waals surface area (Å²) < 4.78 is 58.8. The highest BCUT2D eigenvalue weighted by Crippen LogP contribution is 2.31. The number of nitrogens with two attached hydrogens (primary N) is 1. The molecule has 1 aromatic rings. The third-order valence-electron chi connectivity index (χ3n) is 2.28. The molecule has 0 saturated carbocycles. The minimum Gasteiger partial charge on any atom is -0.478 e. The molecule has 4 N–H and O–H groups in total. The maximum absolute atomic E-state index is 12.5. The number of halogens is 3. The Hall–Kier alpha value is -1.81. The number of carbonyl (C=O) groups is 1. The number of aromatic carboxylic acids is 1. The Morgan fingerprint density at radius 1 is 1.35 bits per heavy atom. The van der Waals surface area contributed by atoms with Crippen LogP contribution in [0.2, 0.25) is 0 Å². The van der Waals surface area contributed by atoms with Gasteiger partial charge in [-0.05, 0) is 18.2 Å². The van der Waals surface area contributed by atoms with Crippen molar-refractivity contribution in [2.45, 2.75) is 6.18 Å². The highest BCUT2D eigenvalue weighted by Gasteiger charge is 2.31. The Labute approximate surface area is 112 Å². The molecule has 20 heavy (non-hydrogen) atoms. The van der Waals surface area contributed by atoms with Crippen molar-refractivity contribution in [3.05, 3.63) is 29.3 Å². The molecule has 0 aliphatic carbocycles. The Bertz CT molecular complexity index is 613. The second-order valence-electron chi connectivity index (χ2n) is 3.86. The van der Waals surface area contributed by atoms with Gasteiger partial charge in [-0.2, -0.15) is 13.2 Å². The van der Waals surface area contributed by atoms with Crippen molar-refractivity contribution in [3.63, 3.8) is 0 Å². The van der Waals surface area contributed by atoms with Gasteiger partial charge in [0, 0.05) is 12.2 Å². The molecule has 112 valence electrons. The zero-order chi connectivity index (χ0) is 15.6. The first-order valence-electron chi connectivity index (χ1n) is 5.19. The van der Waals surface area contributed by atoms with Crippen LogP contribution in [0.3, 0.4) is 0 Å². The Kier molecular flexibility index (Phi) is 4.61. The average Bonchev–Trinajstić information content (AvgIpc) is 2.25. The van der Waals surface area contributed by atoms with Gasteiger partial charge in [0.2, 0.25) is 10.0 Å². The van der Waals surface area contributed by atoms with Crippen molar-refractivity contribution in [1.29, 1.82) is 0 Å². The number of hydrogen-bond acceptors (Lipinski definition) is 4. The molecule has 1 aromatic carbocycles. The van der Waals surface area contributed by atoms with E-state index in [0.29, 0.717) is 12.1 Å². The van der Waals surface area contributed by atoms with Gasteiger partial charge >= 0.3 is 12.1 Å². The standard InChI is InChI=1S/C10H11F3N2O4S/c11-10(12,13)6-1-2-8(7(5-6)9(16)17)15-3-4-20(14,18)19/h1-2,5,15H,3-4H2,(H,16,17)(H2,14,18,19). The highest BCUT2D eigenvalue weighted by atomic mass is 32.2. The lowest BCUT2D eigenvalue weighted by atomic mass is 10.1. The number of carboxylic acid groups (broad SMARTS) is 1. The molecule has 0 atom stereocenters. The van der Waals surface area contributed by atoms with Crippen molar-refractivity contribution in [2.75, 3.05) is 17.6 Å². The fourth-order valence-corrected chi connectivity index (χ4v) is 1.77. The van der Waals surface area contributed by atoms with Crippen LogP contribution in [0.25, 0.3) is 0 Å². The molecule has 0 bridgehead atoms. The topological polar surface area (TPSA) is 109 Å². The number of nitrogens with one attached hydrogen (secondary N) is 1. The molecule has 6 nitrogen and oxygen atoms in total. The van der Waals surface area contributed by atoms with Crippen LogP contribution in [0.4, 0.5) is 18.9 Å². The summed E-state index contributed by atoms with van der Waals surface area (Å²) in [4.78, 5) is 10.9. The maximum Gasteiger partial charge on any atom is 0.416 e. The summed E-state index contributed by atoms with van der Waals surface area (Å²) in [5.74, 6) is -2.04. The zero-order valence-electron chi connectivity index (χ0n) is 9.94. The summed E-state index contributed by atoms with van der Waals surface area (Å²) in [6.07, 6.45) is -4.66. The van der Waals surface area contributed by atoms with Crippen LogP contribution in [-0.2, 0) is 16.2 Å². The molecule has 0 heterocycles. The number of anilines is 1. The van der Waals surface area contributed by atoms with Crippen LogP contribution < -0.4 is 10.5 Å². The number of carboxylic acids is 1. The van der Waals surface area contributed by atoms with Crippen molar-refractivity contribution >= 4 is 21.7 Å². The molecule has 0 aliphatic rings. The third kappa shape index (κ3) is 4.70. The van der Waals surface area contributed by atoms with Crippen LogP contribution in [0.15, 0.2) is 18.2 Å². The van der Waals surface area contributed by atoms with E-state index in [-0.39, 0.29) is 12.2 Å². The van der Waals surface area contributed by atoms with E-state index in [1.54, 1.807) is 0 Å². The molecule has 0 unspecified atom stereocenters. The normalized spacial score (nSPS) is 12.2. The number of rotatable bonds is 5. The van der Waals surface area contributed by atoms with Gasteiger partial charge in [-0.3, -0.25) is 0 Å². The smallest absolute Gasteiger partial charge is 0.416 e. The number of alkyl halides is 3. The summed E-state index contributed by atoms with van der Waals surface area (Å²) in [5, 5.41) is 16.0. The van der Waals surface area contributed by atoms with E-state index in [0.717, 1.165) is 6.07 Å². The Morgan fingerprint density at radius 2 is 1.95 bits per heavy atom. The largest absolute Gasteiger partial charge is 0.478 e. The first-order valence-corrected chi connectivity index (χ1v) is 6.91. The van der Waals surface area contributed by atoms with Crippen LogP contribution in [0.1, 0.15) is 15.9 Å². The van der Waals surface area contributed by atoms with E-state index in [1.165, 1.54) is 0 Å². The van der Waals surface area contributed by atoms with Gasteiger partial charge in [-0.1, -0.05) is 0 Å². The molecular weight excluding hydrogens is 301 g/mol. The summed E-state index contributed by atoms with van der Waals surface area (Å²) in [6, 6.07) is 2.10. The molecule has 0 amide bonds. The zero-order valence-corrected chi connectivity index (χ0v) is 10.8. The van der Waals surface area contributed by atoms with Crippen LogP contribution in [0, 0.1) is 0 Å². The highest BCUT2D eigenvalue weighted by molar-refractivity contribution is 7.89. The van der Waals surface area contributed by atoms with Gasteiger partial charge in [-0.25, -0.2) is 18.4 Å². The molecule has 0 spiro atoms. The Morgan fingerprint density at radius 3 is 2.40 bits per heavy atom.